The Labute approximate surface area is 168 Å². The van der Waals surface area contributed by atoms with Gasteiger partial charge in [-0.15, -0.1) is 0 Å². The first-order valence-electron chi connectivity index (χ1n) is 8.64. The van der Waals surface area contributed by atoms with Crippen LogP contribution in [0.1, 0.15) is 22.8 Å². The third-order valence-electron chi connectivity index (χ3n) is 3.92. The topological polar surface area (TPSA) is 114 Å². The van der Waals surface area contributed by atoms with Gasteiger partial charge in [0, 0.05) is 23.8 Å². The maximum atomic E-state index is 13.4. The molecule has 3 N–H and O–H groups in total. The number of rotatable bonds is 7. The van der Waals surface area contributed by atoms with E-state index in [-0.39, 0.29) is 17.0 Å². The van der Waals surface area contributed by atoms with Gasteiger partial charge in [0.1, 0.15) is 5.82 Å². The summed E-state index contributed by atoms with van der Waals surface area (Å²) in [5.41, 5.74) is 0.885. The van der Waals surface area contributed by atoms with Crippen LogP contribution in [0.3, 0.4) is 0 Å². The van der Waals surface area contributed by atoms with Gasteiger partial charge in [-0.1, -0.05) is 6.07 Å². The number of methoxy groups -OCH3 is 1. The summed E-state index contributed by atoms with van der Waals surface area (Å²) in [6.45, 7) is 3.16. The fourth-order valence-corrected chi connectivity index (χ4v) is 3.70. The minimum absolute atomic E-state index is 0.0238. The van der Waals surface area contributed by atoms with Crippen LogP contribution in [0, 0.1) is 12.7 Å². The molecule has 2 aromatic rings. The van der Waals surface area contributed by atoms with Crippen LogP contribution in [0.15, 0.2) is 47.4 Å². The van der Waals surface area contributed by atoms with Crippen molar-refractivity contribution in [2.24, 2.45) is 0 Å². The number of hydrogen-bond acceptors (Lipinski definition) is 5. The molecule has 0 aliphatic carbocycles. The van der Waals surface area contributed by atoms with Crippen molar-refractivity contribution < 1.29 is 27.1 Å². The smallest absolute Gasteiger partial charge is 0.406 e. The molecule has 0 fully saturated rings. The van der Waals surface area contributed by atoms with E-state index in [1.165, 1.54) is 49.6 Å². The Hall–Kier alpha value is -2.98. The molecule has 2 amide bonds. The first kappa shape index (κ1) is 22.3. The predicted molar refractivity (Wildman–Crippen MR) is 106 cm³/mol. The minimum atomic E-state index is -3.93. The maximum absolute atomic E-state index is 13.4. The van der Waals surface area contributed by atoms with Gasteiger partial charge < -0.3 is 15.4 Å². The summed E-state index contributed by atoms with van der Waals surface area (Å²) in [6.07, 6.45) is -0.675. The van der Waals surface area contributed by atoms with Gasteiger partial charge in [-0.05, 0) is 55.8 Å². The molecule has 0 spiro atoms. The Morgan fingerprint density at radius 2 is 1.90 bits per heavy atom. The van der Waals surface area contributed by atoms with E-state index in [4.69, 9.17) is 0 Å². The summed E-state index contributed by atoms with van der Waals surface area (Å²) in [7, 11) is -2.72. The molecule has 2 aromatic carbocycles. The monoisotopic (exact) mass is 423 g/mol. The number of halogens is 1. The second-order valence-electron chi connectivity index (χ2n) is 6.34. The standard InChI is InChI=1S/C19H22FN3O5S/c1-12-9-15(7-8-17(12)20)22-18(24)14-5-4-6-16(10-14)29(26,27)23-13(2)11-21-19(25)28-3/h4-10,13,23H,11H2,1-3H3,(H,21,25)(H,22,24). The molecule has 10 heteroatoms. The highest BCUT2D eigenvalue weighted by molar-refractivity contribution is 7.89. The van der Waals surface area contributed by atoms with Gasteiger partial charge in [-0.3, -0.25) is 4.79 Å². The molecule has 1 atom stereocenters. The first-order valence-corrected chi connectivity index (χ1v) is 10.1. The maximum Gasteiger partial charge on any atom is 0.406 e. The molecule has 0 aliphatic rings. The quantitative estimate of drug-likeness (QED) is 0.633. The highest BCUT2D eigenvalue weighted by atomic mass is 32.2. The number of nitrogens with one attached hydrogen (secondary N) is 3. The van der Waals surface area contributed by atoms with E-state index in [2.05, 4.69) is 20.1 Å². The molecular weight excluding hydrogens is 401 g/mol. The number of hydrogen-bond donors (Lipinski definition) is 3. The summed E-state index contributed by atoms with van der Waals surface area (Å²) in [5, 5.41) is 5.00. The average Bonchev–Trinajstić information content (AvgIpc) is 2.68. The largest absolute Gasteiger partial charge is 0.453 e. The third kappa shape index (κ3) is 6.26. The zero-order valence-corrected chi connectivity index (χ0v) is 17.0. The van der Waals surface area contributed by atoms with Crippen LogP contribution < -0.4 is 15.4 Å². The van der Waals surface area contributed by atoms with E-state index in [0.29, 0.717) is 11.3 Å². The van der Waals surface area contributed by atoms with Gasteiger partial charge in [-0.25, -0.2) is 22.3 Å². The molecule has 0 saturated heterocycles. The fraction of sp³-hybridized carbons (Fsp3) is 0.263. The van der Waals surface area contributed by atoms with E-state index in [0.717, 1.165) is 0 Å². The first-order chi connectivity index (χ1) is 13.6. The lowest BCUT2D eigenvalue weighted by Crippen LogP contribution is -2.41. The molecule has 0 heterocycles. The van der Waals surface area contributed by atoms with Crippen LogP contribution in [0.5, 0.6) is 0 Å². The van der Waals surface area contributed by atoms with Gasteiger partial charge in [0.05, 0.1) is 12.0 Å². The molecule has 8 nitrogen and oxygen atoms in total. The SMILES string of the molecule is COC(=O)NCC(C)NS(=O)(=O)c1cccc(C(=O)Nc2ccc(F)c(C)c2)c1. The Morgan fingerprint density at radius 3 is 2.55 bits per heavy atom. The Bertz CT molecular complexity index is 1010. The molecule has 0 radical (unpaired) electrons. The van der Waals surface area contributed by atoms with Crippen LogP contribution >= 0.6 is 0 Å². The van der Waals surface area contributed by atoms with Gasteiger partial charge in [0.25, 0.3) is 5.91 Å². The van der Waals surface area contributed by atoms with Gasteiger partial charge in [-0.2, -0.15) is 0 Å². The van der Waals surface area contributed by atoms with Crippen molar-refractivity contribution in [2.45, 2.75) is 24.8 Å². The van der Waals surface area contributed by atoms with Crippen molar-refractivity contribution in [1.29, 1.82) is 0 Å². The zero-order chi connectivity index (χ0) is 21.6. The number of alkyl carbamates (subject to hydrolysis) is 1. The van der Waals surface area contributed by atoms with Crippen molar-refractivity contribution in [1.82, 2.24) is 10.0 Å². The van der Waals surface area contributed by atoms with Crippen LogP contribution in [0.2, 0.25) is 0 Å². The number of benzene rings is 2. The number of aryl methyl sites for hydroxylation is 1. The number of ether oxygens (including phenoxy) is 1. The summed E-state index contributed by atoms with van der Waals surface area (Å²) < 4.78 is 45.3. The lowest BCUT2D eigenvalue weighted by Gasteiger charge is -2.15. The van der Waals surface area contributed by atoms with Gasteiger partial charge >= 0.3 is 6.09 Å². The van der Waals surface area contributed by atoms with Crippen molar-refractivity contribution >= 4 is 27.7 Å². The fourth-order valence-electron chi connectivity index (χ4n) is 2.41. The summed E-state index contributed by atoms with van der Waals surface area (Å²) in [5.74, 6) is -0.925. The third-order valence-corrected chi connectivity index (χ3v) is 5.50. The normalized spacial score (nSPS) is 12.1. The second-order valence-corrected chi connectivity index (χ2v) is 8.05. The zero-order valence-electron chi connectivity index (χ0n) is 16.2. The minimum Gasteiger partial charge on any atom is -0.453 e. The number of carbonyl (C=O) groups is 2. The summed E-state index contributed by atoms with van der Waals surface area (Å²) >= 11 is 0. The number of amides is 2. The van der Waals surface area contributed by atoms with E-state index < -0.39 is 33.9 Å². The molecule has 0 bridgehead atoms. The lowest BCUT2D eigenvalue weighted by atomic mass is 10.2. The Morgan fingerprint density at radius 1 is 1.17 bits per heavy atom. The van der Waals surface area contributed by atoms with Crippen LogP contribution in [0.25, 0.3) is 0 Å². The number of sulfonamides is 1. The van der Waals surface area contributed by atoms with Crippen molar-refractivity contribution in [3.63, 3.8) is 0 Å². The van der Waals surface area contributed by atoms with Crippen molar-refractivity contribution in [2.75, 3.05) is 19.0 Å². The highest BCUT2D eigenvalue weighted by Gasteiger charge is 2.19. The summed E-state index contributed by atoms with van der Waals surface area (Å²) in [6, 6.07) is 9.00. The van der Waals surface area contributed by atoms with Crippen molar-refractivity contribution in [3.8, 4) is 0 Å². The van der Waals surface area contributed by atoms with Crippen molar-refractivity contribution in [3.05, 3.63) is 59.4 Å². The highest BCUT2D eigenvalue weighted by Crippen LogP contribution is 2.17. The van der Waals surface area contributed by atoms with E-state index in [9.17, 15) is 22.4 Å². The second kappa shape index (κ2) is 9.48. The average molecular weight is 423 g/mol. The van der Waals surface area contributed by atoms with E-state index >= 15 is 0 Å². The van der Waals surface area contributed by atoms with Gasteiger partial charge in [0.2, 0.25) is 10.0 Å². The van der Waals surface area contributed by atoms with Gasteiger partial charge in [0.15, 0.2) is 0 Å². The molecule has 2 rings (SSSR count). The Kier molecular flexibility index (Phi) is 7.29. The molecule has 0 aliphatic heterocycles. The van der Waals surface area contributed by atoms with E-state index in [1.807, 2.05) is 0 Å². The number of anilines is 1. The molecule has 0 aromatic heterocycles. The Balaban J connectivity index is 2.11. The lowest BCUT2D eigenvalue weighted by molar-refractivity contribution is 0.102. The molecule has 1 unspecified atom stereocenters. The predicted octanol–water partition coefficient (Wildman–Crippen LogP) is 2.41. The van der Waals surface area contributed by atoms with Crippen LogP contribution in [0.4, 0.5) is 14.9 Å². The molecule has 0 saturated carbocycles. The van der Waals surface area contributed by atoms with E-state index in [1.54, 1.807) is 13.8 Å². The summed E-state index contributed by atoms with van der Waals surface area (Å²) in [4.78, 5) is 23.4. The molecule has 156 valence electrons. The van der Waals surface area contributed by atoms with Crippen LogP contribution in [-0.4, -0.2) is 40.1 Å². The number of carbonyl (C=O) groups excluding carboxylic acids is 2. The molecule has 29 heavy (non-hydrogen) atoms. The molecular formula is C19H22FN3O5S. The van der Waals surface area contributed by atoms with Crippen LogP contribution in [-0.2, 0) is 14.8 Å².